The van der Waals surface area contributed by atoms with Crippen molar-refractivity contribution in [3.8, 4) is 0 Å². The molecule has 0 fully saturated rings. The van der Waals surface area contributed by atoms with Crippen LogP contribution in [0.25, 0.3) is 6.08 Å². The fourth-order valence-corrected chi connectivity index (χ4v) is 5.10. The van der Waals surface area contributed by atoms with E-state index in [2.05, 4.69) is 0 Å². The van der Waals surface area contributed by atoms with Gasteiger partial charge in [-0.05, 0) is 55.0 Å². The Bertz CT molecular complexity index is 509. The van der Waals surface area contributed by atoms with E-state index in [1.165, 1.54) is 12.1 Å². The van der Waals surface area contributed by atoms with Crippen LogP contribution in [0.5, 0.6) is 0 Å². The molecule has 1 aromatic rings. The molecule has 1 heterocycles. The van der Waals surface area contributed by atoms with Gasteiger partial charge in [0.15, 0.2) is 0 Å². The molecule has 6 heteroatoms. The Balaban J connectivity index is 2.62. The summed E-state index contributed by atoms with van der Waals surface area (Å²) in [4.78, 5) is 0.0416. The highest BCUT2D eigenvalue weighted by Crippen LogP contribution is 2.80. The van der Waals surface area contributed by atoms with Gasteiger partial charge >= 0.3 is 5.51 Å². The van der Waals surface area contributed by atoms with E-state index in [1.807, 2.05) is 0 Å². The third kappa shape index (κ3) is 1.93. The van der Waals surface area contributed by atoms with Crippen molar-refractivity contribution in [3.63, 3.8) is 0 Å². The zero-order chi connectivity index (χ0) is 13.6. The highest BCUT2D eigenvalue weighted by atomic mass is 35.7. The van der Waals surface area contributed by atoms with Crippen LogP contribution in [0.3, 0.4) is 0 Å². The molecule has 0 aromatic heterocycles. The Kier molecular flexibility index (Phi) is 3.40. The third-order valence-corrected chi connectivity index (χ3v) is 7.03. The Hall–Kier alpha value is -0.680. The Morgan fingerprint density at radius 3 is 2.50 bits per heavy atom. The van der Waals surface area contributed by atoms with Crippen LogP contribution in [-0.2, 0) is 0 Å². The van der Waals surface area contributed by atoms with Crippen molar-refractivity contribution in [1.82, 2.24) is 0 Å². The van der Waals surface area contributed by atoms with Crippen molar-refractivity contribution >= 4 is 26.0 Å². The zero-order valence-electron chi connectivity index (χ0n) is 9.52. The van der Waals surface area contributed by atoms with Gasteiger partial charge in [0.1, 0.15) is 5.82 Å². The number of hydrogen-bond acceptors (Lipinski definition) is 0. The van der Waals surface area contributed by atoms with Gasteiger partial charge in [-0.2, -0.15) is 13.2 Å². The van der Waals surface area contributed by atoms with Crippen molar-refractivity contribution in [2.75, 3.05) is 0 Å². The average molecular weight is 299 g/mol. The standard InChI is InChI=1S/C12H11ClF4S/c1-2-3-10-6-8-4-5-9(14)7-11(8)18(10,13)12(15,16)17/h4-7H,2-3H2,1H3. The minimum absolute atomic E-state index is 0.125. The molecule has 1 atom stereocenters. The van der Waals surface area contributed by atoms with Gasteiger partial charge in [-0.3, -0.25) is 0 Å². The number of alkyl halides is 3. The number of hydrogen-bond donors (Lipinski definition) is 0. The third-order valence-electron chi connectivity index (χ3n) is 2.77. The van der Waals surface area contributed by atoms with Gasteiger partial charge < -0.3 is 0 Å². The van der Waals surface area contributed by atoms with E-state index in [1.54, 1.807) is 6.92 Å². The van der Waals surface area contributed by atoms with Crippen molar-refractivity contribution in [1.29, 1.82) is 0 Å². The van der Waals surface area contributed by atoms with Crippen LogP contribution in [0.4, 0.5) is 17.6 Å². The van der Waals surface area contributed by atoms with Gasteiger partial charge in [-0.1, -0.05) is 19.4 Å². The maximum atomic E-state index is 13.3. The summed E-state index contributed by atoms with van der Waals surface area (Å²) >= 11 is 0. The minimum atomic E-state index is -4.56. The van der Waals surface area contributed by atoms with E-state index in [4.69, 9.17) is 10.7 Å². The number of fused-ring (bicyclic) bond motifs is 1. The normalized spacial score (nSPS) is 26.4. The quantitative estimate of drug-likeness (QED) is 0.604. The molecule has 0 N–H and O–H groups in total. The van der Waals surface area contributed by atoms with Crippen LogP contribution in [0, 0.1) is 5.82 Å². The molecule has 0 aliphatic carbocycles. The number of halogens is 5. The summed E-state index contributed by atoms with van der Waals surface area (Å²) in [5.41, 5.74) is -4.18. The first-order valence-electron chi connectivity index (χ1n) is 5.40. The molecule has 0 nitrogen and oxygen atoms in total. The summed E-state index contributed by atoms with van der Waals surface area (Å²) in [5, 5.41) is 0. The van der Waals surface area contributed by atoms with Crippen LogP contribution in [0.1, 0.15) is 25.3 Å². The summed E-state index contributed by atoms with van der Waals surface area (Å²) in [6.07, 6.45) is 2.29. The van der Waals surface area contributed by atoms with Crippen LogP contribution < -0.4 is 0 Å². The van der Waals surface area contributed by atoms with Crippen molar-refractivity contribution in [2.24, 2.45) is 0 Å². The average Bonchev–Trinajstić information content (AvgIpc) is 2.54. The molecule has 1 unspecified atom stereocenters. The van der Waals surface area contributed by atoms with Crippen LogP contribution in [-0.4, -0.2) is 5.51 Å². The van der Waals surface area contributed by atoms with E-state index in [0.29, 0.717) is 12.0 Å². The van der Waals surface area contributed by atoms with Gasteiger partial charge in [0.2, 0.25) is 0 Å². The van der Waals surface area contributed by atoms with E-state index in [-0.39, 0.29) is 16.2 Å². The second-order valence-electron chi connectivity index (χ2n) is 4.03. The molecule has 0 radical (unpaired) electrons. The molecule has 0 spiro atoms. The molecule has 2 rings (SSSR count). The summed E-state index contributed by atoms with van der Waals surface area (Å²) in [5.74, 6) is -0.693. The van der Waals surface area contributed by atoms with E-state index < -0.39 is 20.6 Å². The number of benzene rings is 1. The molecule has 0 bridgehead atoms. The number of allylic oxidation sites excluding steroid dienone is 1. The second kappa shape index (κ2) is 4.46. The van der Waals surface area contributed by atoms with Crippen LogP contribution >= 0.6 is 19.9 Å². The topological polar surface area (TPSA) is 0 Å². The summed E-state index contributed by atoms with van der Waals surface area (Å²) in [7, 11) is 2.31. The lowest BCUT2D eigenvalue weighted by molar-refractivity contribution is -0.0359. The zero-order valence-corrected chi connectivity index (χ0v) is 11.1. The Morgan fingerprint density at radius 1 is 1.28 bits per heavy atom. The summed E-state index contributed by atoms with van der Waals surface area (Å²) in [6.45, 7) is 1.79. The molecule has 0 saturated carbocycles. The Morgan fingerprint density at radius 2 is 1.94 bits per heavy atom. The van der Waals surface area contributed by atoms with Gasteiger partial charge in [-0.15, -0.1) is 0 Å². The van der Waals surface area contributed by atoms with Crippen LogP contribution in [0.2, 0.25) is 0 Å². The molecular weight excluding hydrogens is 288 g/mol. The fraction of sp³-hybridized carbons (Fsp3) is 0.333. The van der Waals surface area contributed by atoms with Gasteiger partial charge in [-0.25, -0.2) is 4.39 Å². The summed E-state index contributed by atoms with van der Waals surface area (Å²) < 4.78 is 53.0. The molecule has 0 saturated heterocycles. The maximum Gasteiger partial charge on any atom is 0.445 e. The lowest BCUT2D eigenvalue weighted by Gasteiger charge is -2.34. The first kappa shape index (κ1) is 13.7. The maximum absolute atomic E-state index is 13.3. The van der Waals surface area contributed by atoms with E-state index in [9.17, 15) is 17.6 Å². The Labute approximate surface area is 108 Å². The largest absolute Gasteiger partial charge is 0.445 e. The number of rotatable bonds is 2. The predicted molar refractivity (Wildman–Crippen MR) is 67.1 cm³/mol. The minimum Gasteiger partial charge on any atom is -0.207 e. The molecule has 1 aromatic carbocycles. The van der Waals surface area contributed by atoms with Crippen LogP contribution in [0.15, 0.2) is 28.0 Å². The molecule has 1 aliphatic heterocycles. The highest BCUT2D eigenvalue weighted by molar-refractivity contribution is 8.54. The van der Waals surface area contributed by atoms with Gasteiger partial charge in [0.25, 0.3) is 0 Å². The fourth-order valence-electron chi connectivity index (χ4n) is 2.00. The first-order valence-corrected chi connectivity index (χ1v) is 7.86. The smallest absolute Gasteiger partial charge is 0.207 e. The molecule has 18 heavy (non-hydrogen) atoms. The summed E-state index contributed by atoms with van der Waals surface area (Å²) in [6, 6.07) is 3.41. The molecule has 0 amide bonds. The molecule has 1 aliphatic rings. The monoisotopic (exact) mass is 298 g/mol. The lowest BCUT2D eigenvalue weighted by Crippen LogP contribution is -2.16. The van der Waals surface area contributed by atoms with E-state index in [0.717, 1.165) is 12.1 Å². The van der Waals surface area contributed by atoms with Crippen molar-refractivity contribution in [2.45, 2.75) is 30.2 Å². The lowest BCUT2D eigenvalue weighted by atomic mass is 10.2. The molecular formula is C12H11ClF4S. The van der Waals surface area contributed by atoms with Gasteiger partial charge in [0.05, 0.1) is 0 Å². The SMILES string of the molecule is CCCC1=Cc2ccc(F)cc2S1(Cl)C(F)(F)F. The first-order chi connectivity index (χ1) is 8.30. The van der Waals surface area contributed by atoms with Crippen molar-refractivity contribution in [3.05, 3.63) is 34.5 Å². The van der Waals surface area contributed by atoms with E-state index >= 15 is 0 Å². The molecule has 100 valence electrons. The predicted octanol–water partition coefficient (Wildman–Crippen LogP) is 5.82. The second-order valence-corrected chi connectivity index (χ2v) is 7.92. The highest BCUT2D eigenvalue weighted by Gasteiger charge is 2.55. The van der Waals surface area contributed by atoms with Gasteiger partial charge in [0, 0.05) is 4.90 Å². The van der Waals surface area contributed by atoms with Crippen molar-refractivity contribution < 1.29 is 17.6 Å².